The Morgan fingerprint density at radius 1 is 1.29 bits per heavy atom. The Morgan fingerprint density at radius 2 is 2.05 bits per heavy atom. The lowest BCUT2D eigenvalue weighted by atomic mass is 10.1. The topological polar surface area (TPSA) is 66.9 Å². The summed E-state index contributed by atoms with van der Waals surface area (Å²) in [5, 5.41) is 16.3. The Balaban J connectivity index is 1.99. The number of anilines is 2. The van der Waals surface area contributed by atoms with E-state index in [0.29, 0.717) is 12.5 Å². The molecule has 2 rings (SSSR count). The van der Waals surface area contributed by atoms with Crippen molar-refractivity contribution in [3.05, 3.63) is 34.8 Å². The molecule has 0 aliphatic heterocycles. The molecule has 0 fully saturated rings. The first-order valence-corrected chi connectivity index (χ1v) is 7.78. The molecule has 6 heteroatoms. The summed E-state index contributed by atoms with van der Waals surface area (Å²) in [4.78, 5) is 11.2. The van der Waals surface area contributed by atoms with Gasteiger partial charge in [0.05, 0.1) is 0 Å². The van der Waals surface area contributed by atoms with E-state index in [2.05, 4.69) is 34.7 Å². The maximum absolute atomic E-state index is 11.2. The third kappa shape index (κ3) is 4.82. The lowest BCUT2D eigenvalue weighted by Crippen LogP contribution is -2.10. The molecule has 1 heterocycles. The molecule has 0 atom stereocenters. The van der Waals surface area contributed by atoms with Crippen LogP contribution >= 0.6 is 11.3 Å². The molecular formula is C15H20N4OS. The molecule has 0 bridgehead atoms. The highest BCUT2D eigenvalue weighted by Crippen LogP contribution is 2.21. The van der Waals surface area contributed by atoms with Crippen molar-refractivity contribution >= 4 is 28.1 Å². The van der Waals surface area contributed by atoms with Crippen molar-refractivity contribution in [2.75, 3.05) is 10.6 Å². The van der Waals surface area contributed by atoms with E-state index < -0.39 is 0 Å². The van der Waals surface area contributed by atoms with Crippen LogP contribution < -0.4 is 10.6 Å². The molecule has 0 unspecified atom stereocenters. The fraction of sp³-hybridized carbons (Fsp3) is 0.400. The molecule has 0 aliphatic carbocycles. The summed E-state index contributed by atoms with van der Waals surface area (Å²) in [6, 6.07) is 7.73. The summed E-state index contributed by atoms with van der Waals surface area (Å²) in [5.41, 5.74) is 1.85. The van der Waals surface area contributed by atoms with Crippen molar-refractivity contribution in [2.24, 2.45) is 5.92 Å². The average Bonchev–Trinajstić information content (AvgIpc) is 2.84. The van der Waals surface area contributed by atoms with Gasteiger partial charge in [-0.1, -0.05) is 43.4 Å². The smallest absolute Gasteiger partial charge is 0.221 e. The molecule has 5 nitrogen and oxygen atoms in total. The minimum atomic E-state index is -0.0717. The Kier molecular flexibility index (Phi) is 5.27. The molecule has 1 aromatic carbocycles. The molecule has 2 N–H and O–H groups in total. The zero-order chi connectivity index (χ0) is 15.2. The highest BCUT2D eigenvalue weighted by atomic mass is 32.1. The number of nitrogens with zero attached hydrogens (tertiary/aromatic N) is 2. The van der Waals surface area contributed by atoms with Crippen LogP contribution in [0.3, 0.4) is 0 Å². The lowest BCUT2D eigenvalue weighted by Gasteiger charge is -2.09. The van der Waals surface area contributed by atoms with Gasteiger partial charge in [-0.3, -0.25) is 4.79 Å². The normalized spacial score (nSPS) is 10.7. The predicted molar refractivity (Wildman–Crippen MR) is 86.5 cm³/mol. The number of hydrogen-bond donors (Lipinski definition) is 2. The first kappa shape index (κ1) is 15.4. The van der Waals surface area contributed by atoms with Crippen LogP contribution in [0.1, 0.15) is 31.3 Å². The second-order valence-electron chi connectivity index (χ2n) is 5.29. The summed E-state index contributed by atoms with van der Waals surface area (Å²) in [6.45, 7) is 6.44. The molecule has 21 heavy (non-hydrogen) atoms. The van der Waals surface area contributed by atoms with E-state index in [1.54, 1.807) is 11.3 Å². The van der Waals surface area contributed by atoms with Crippen molar-refractivity contribution in [3.8, 4) is 0 Å². The SMILES string of the molecule is CC(=O)Nc1ccccc1CNc1nnc(CC(C)C)s1. The standard InChI is InChI=1S/C15H20N4OS/c1-10(2)8-14-18-19-15(21-14)16-9-12-6-4-5-7-13(12)17-11(3)20/h4-7,10H,8-9H2,1-3H3,(H,16,19)(H,17,20). The highest BCUT2D eigenvalue weighted by Gasteiger charge is 2.07. The van der Waals surface area contributed by atoms with Gasteiger partial charge < -0.3 is 10.6 Å². The van der Waals surface area contributed by atoms with Crippen LogP contribution in [0.15, 0.2) is 24.3 Å². The van der Waals surface area contributed by atoms with E-state index in [4.69, 9.17) is 0 Å². The lowest BCUT2D eigenvalue weighted by molar-refractivity contribution is -0.114. The van der Waals surface area contributed by atoms with Crippen molar-refractivity contribution < 1.29 is 4.79 Å². The fourth-order valence-corrected chi connectivity index (χ4v) is 2.86. The van der Waals surface area contributed by atoms with Gasteiger partial charge in [-0.25, -0.2) is 0 Å². The zero-order valence-corrected chi connectivity index (χ0v) is 13.3. The van der Waals surface area contributed by atoms with Gasteiger partial charge in [0.25, 0.3) is 0 Å². The van der Waals surface area contributed by atoms with Crippen molar-refractivity contribution in [3.63, 3.8) is 0 Å². The molecule has 1 amide bonds. The van der Waals surface area contributed by atoms with Gasteiger partial charge in [0.15, 0.2) is 0 Å². The maximum Gasteiger partial charge on any atom is 0.221 e. The number of rotatable bonds is 6. The summed E-state index contributed by atoms with van der Waals surface area (Å²) >= 11 is 1.58. The van der Waals surface area contributed by atoms with E-state index in [0.717, 1.165) is 27.8 Å². The zero-order valence-electron chi connectivity index (χ0n) is 12.5. The highest BCUT2D eigenvalue weighted by molar-refractivity contribution is 7.15. The second kappa shape index (κ2) is 7.17. The summed E-state index contributed by atoms with van der Waals surface area (Å²) < 4.78 is 0. The van der Waals surface area contributed by atoms with Crippen molar-refractivity contribution in [2.45, 2.75) is 33.7 Å². The number of benzene rings is 1. The van der Waals surface area contributed by atoms with Crippen LogP contribution in [0.5, 0.6) is 0 Å². The predicted octanol–water partition coefficient (Wildman–Crippen LogP) is 3.31. The molecule has 1 aromatic heterocycles. The quantitative estimate of drug-likeness (QED) is 0.859. The Morgan fingerprint density at radius 3 is 2.76 bits per heavy atom. The third-order valence-corrected chi connectivity index (χ3v) is 3.71. The van der Waals surface area contributed by atoms with E-state index in [1.807, 2.05) is 24.3 Å². The van der Waals surface area contributed by atoms with Gasteiger partial charge in [-0.05, 0) is 17.5 Å². The van der Waals surface area contributed by atoms with Gasteiger partial charge in [-0.2, -0.15) is 0 Å². The molecule has 0 saturated carbocycles. The minimum Gasteiger partial charge on any atom is -0.356 e. The number of carbonyl (C=O) groups excluding carboxylic acids is 1. The van der Waals surface area contributed by atoms with Crippen LogP contribution in [0, 0.1) is 5.92 Å². The van der Waals surface area contributed by atoms with Gasteiger partial charge in [0.2, 0.25) is 11.0 Å². The first-order valence-electron chi connectivity index (χ1n) is 6.96. The van der Waals surface area contributed by atoms with Gasteiger partial charge in [0, 0.05) is 25.6 Å². The van der Waals surface area contributed by atoms with Crippen molar-refractivity contribution in [1.82, 2.24) is 10.2 Å². The van der Waals surface area contributed by atoms with Gasteiger partial charge in [-0.15, -0.1) is 10.2 Å². The minimum absolute atomic E-state index is 0.0717. The average molecular weight is 304 g/mol. The number of hydrogen-bond acceptors (Lipinski definition) is 5. The monoisotopic (exact) mass is 304 g/mol. The largest absolute Gasteiger partial charge is 0.356 e. The van der Waals surface area contributed by atoms with E-state index in [1.165, 1.54) is 6.92 Å². The summed E-state index contributed by atoms with van der Waals surface area (Å²) in [6.07, 6.45) is 0.946. The Bertz CT molecular complexity index is 609. The van der Waals surface area contributed by atoms with Crippen LogP contribution in [0.4, 0.5) is 10.8 Å². The second-order valence-corrected chi connectivity index (χ2v) is 6.35. The number of aromatic nitrogens is 2. The third-order valence-electron chi connectivity index (χ3n) is 2.81. The molecule has 2 aromatic rings. The van der Waals surface area contributed by atoms with Crippen LogP contribution in [-0.4, -0.2) is 16.1 Å². The van der Waals surface area contributed by atoms with E-state index in [9.17, 15) is 4.79 Å². The fourth-order valence-electron chi connectivity index (χ4n) is 1.91. The summed E-state index contributed by atoms with van der Waals surface area (Å²) in [7, 11) is 0. The number of amides is 1. The van der Waals surface area contributed by atoms with E-state index >= 15 is 0 Å². The van der Waals surface area contributed by atoms with Crippen LogP contribution in [0.25, 0.3) is 0 Å². The van der Waals surface area contributed by atoms with Crippen LogP contribution in [-0.2, 0) is 17.8 Å². The molecule has 0 spiro atoms. The molecule has 112 valence electrons. The van der Waals surface area contributed by atoms with Gasteiger partial charge >= 0.3 is 0 Å². The van der Waals surface area contributed by atoms with Crippen molar-refractivity contribution in [1.29, 1.82) is 0 Å². The first-order chi connectivity index (χ1) is 10.0. The van der Waals surface area contributed by atoms with E-state index in [-0.39, 0.29) is 5.91 Å². The molecule has 0 aliphatic rings. The Labute approximate surface area is 128 Å². The molecule has 0 radical (unpaired) electrons. The number of nitrogens with one attached hydrogen (secondary N) is 2. The molecule has 0 saturated heterocycles. The Hall–Kier alpha value is -1.95. The maximum atomic E-state index is 11.2. The summed E-state index contributed by atoms with van der Waals surface area (Å²) in [5.74, 6) is 0.504. The van der Waals surface area contributed by atoms with Gasteiger partial charge in [0.1, 0.15) is 5.01 Å². The number of para-hydroxylation sites is 1. The number of carbonyl (C=O) groups is 1. The van der Waals surface area contributed by atoms with Crippen LogP contribution in [0.2, 0.25) is 0 Å². The molecular weight excluding hydrogens is 284 g/mol.